The molecule has 1 aromatic heterocycles. The molecule has 2 aromatic rings. The molecule has 2 N–H and O–H groups in total. The second-order valence-corrected chi connectivity index (χ2v) is 4.54. The van der Waals surface area contributed by atoms with E-state index in [-0.39, 0.29) is 6.04 Å². The number of nitrogens with zero attached hydrogens (tertiary/aromatic N) is 2. The Kier molecular flexibility index (Phi) is 4.29. The Morgan fingerprint density at radius 3 is 2.84 bits per heavy atom. The van der Waals surface area contributed by atoms with Crippen LogP contribution in [0.25, 0.3) is 11.5 Å². The molecule has 1 atom stereocenters. The molecule has 0 aliphatic rings. The van der Waals surface area contributed by atoms with Gasteiger partial charge in [-0.2, -0.15) is 4.98 Å². The zero-order valence-electron chi connectivity index (χ0n) is 11.5. The average molecular weight is 261 g/mol. The minimum absolute atomic E-state index is 0.358. The van der Waals surface area contributed by atoms with E-state index in [0.29, 0.717) is 24.9 Å². The first-order chi connectivity index (χ1) is 9.11. The van der Waals surface area contributed by atoms with E-state index in [0.717, 1.165) is 11.1 Å². The van der Waals surface area contributed by atoms with Crippen LogP contribution in [-0.2, 0) is 4.74 Å². The number of aromatic nitrogens is 2. The number of benzene rings is 1. The minimum atomic E-state index is -0.358. The van der Waals surface area contributed by atoms with Crippen LogP contribution in [0.2, 0.25) is 0 Å². The largest absolute Gasteiger partial charge is 0.380 e. The van der Waals surface area contributed by atoms with Gasteiger partial charge in [0.2, 0.25) is 0 Å². The van der Waals surface area contributed by atoms with E-state index in [1.807, 2.05) is 32.9 Å². The lowest BCUT2D eigenvalue weighted by Gasteiger charge is -2.05. The van der Waals surface area contributed by atoms with Gasteiger partial charge in [0.1, 0.15) is 0 Å². The number of hydrogen-bond acceptors (Lipinski definition) is 5. The Labute approximate surface area is 112 Å². The maximum absolute atomic E-state index is 5.92. The van der Waals surface area contributed by atoms with Crippen LogP contribution < -0.4 is 5.73 Å². The number of ether oxygens (including phenoxy) is 1. The highest BCUT2D eigenvalue weighted by Crippen LogP contribution is 2.23. The summed E-state index contributed by atoms with van der Waals surface area (Å²) in [6.45, 7) is 7.00. The first kappa shape index (κ1) is 13.7. The van der Waals surface area contributed by atoms with E-state index in [1.165, 1.54) is 5.56 Å². The Morgan fingerprint density at radius 1 is 1.37 bits per heavy atom. The van der Waals surface area contributed by atoms with E-state index in [9.17, 15) is 0 Å². The number of aryl methyl sites for hydroxylation is 2. The molecule has 0 bridgehead atoms. The third-order valence-corrected chi connectivity index (χ3v) is 2.89. The van der Waals surface area contributed by atoms with Crippen LogP contribution in [0.1, 0.15) is 29.9 Å². The van der Waals surface area contributed by atoms with Crippen LogP contribution in [0.4, 0.5) is 0 Å². The van der Waals surface area contributed by atoms with Crippen LogP contribution in [0, 0.1) is 13.8 Å². The van der Waals surface area contributed by atoms with Gasteiger partial charge in [0, 0.05) is 12.2 Å². The third kappa shape index (κ3) is 3.19. The number of hydrogen-bond donors (Lipinski definition) is 1. The maximum atomic E-state index is 5.92. The lowest BCUT2D eigenvalue weighted by atomic mass is 10.1. The van der Waals surface area contributed by atoms with Gasteiger partial charge in [-0.05, 0) is 32.4 Å². The van der Waals surface area contributed by atoms with Gasteiger partial charge in [-0.25, -0.2) is 0 Å². The monoisotopic (exact) mass is 261 g/mol. The topological polar surface area (TPSA) is 74.2 Å². The summed E-state index contributed by atoms with van der Waals surface area (Å²) in [6, 6.07) is 5.73. The van der Waals surface area contributed by atoms with Crippen molar-refractivity contribution in [2.75, 3.05) is 13.2 Å². The molecule has 0 amide bonds. The fraction of sp³-hybridized carbons (Fsp3) is 0.429. The second kappa shape index (κ2) is 5.95. The van der Waals surface area contributed by atoms with E-state index in [4.69, 9.17) is 15.0 Å². The molecule has 0 aliphatic carbocycles. The molecular formula is C14H19N3O2. The predicted molar refractivity (Wildman–Crippen MR) is 72.6 cm³/mol. The van der Waals surface area contributed by atoms with Gasteiger partial charge < -0.3 is 15.0 Å². The quantitative estimate of drug-likeness (QED) is 0.894. The van der Waals surface area contributed by atoms with Crippen LogP contribution >= 0.6 is 0 Å². The molecule has 5 heteroatoms. The fourth-order valence-electron chi connectivity index (χ4n) is 1.87. The van der Waals surface area contributed by atoms with Crippen molar-refractivity contribution in [2.45, 2.75) is 26.8 Å². The van der Waals surface area contributed by atoms with Gasteiger partial charge >= 0.3 is 0 Å². The Bertz CT molecular complexity index is 551. The van der Waals surface area contributed by atoms with Crippen molar-refractivity contribution in [3.63, 3.8) is 0 Å². The number of rotatable bonds is 5. The Balaban J connectivity index is 2.20. The van der Waals surface area contributed by atoms with Crippen molar-refractivity contribution in [3.8, 4) is 11.5 Å². The minimum Gasteiger partial charge on any atom is -0.380 e. The molecule has 0 fully saturated rings. The van der Waals surface area contributed by atoms with Gasteiger partial charge in [-0.1, -0.05) is 22.9 Å². The van der Waals surface area contributed by atoms with E-state index in [1.54, 1.807) is 0 Å². The standard InChI is InChI=1S/C14H19N3O2/c1-4-18-8-12(15)13-16-14(19-17-13)11-6-5-9(2)7-10(11)3/h5-7,12H,4,8,15H2,1-3H3. The van der Waals surface area contributed by atoms with Crippen molar-refractivity contribution in [2.24, 2.45) is 5.73 Å². The van der Waals surface area contributed by atoms with Crippen molar-refractivity contribution in [1.82, 2.24) is 10.1 Å². The van der Waals surface area contributed by atoms with Crippen LogP contribution in [-0.4, -0.2) is 23.4 Å². The molecule has 19 heavy (non-hydrogen) atoms. The molecular weight excluding hydrogens is 242 g/mol. The van der Waals surface area contributed by atoms with Crippen LogP contribution in [0.5, 0.6) is 0 Å². The average Bonchev–Trinajstić information content (AvgIpc) is 2.85. The molecule has 0 saturated heterocycles. The molecule has 0 saturated carbocycles. The molecule has 0 spiro atoms. The molecule has 5 nitrogen and oxygen atoms in total. The summed E-state index contributed by atoms with van der Waals surface area (Å²) < 4.78 is 10.5. The summed E-state index contributed by atoms with van der Waals surface area (Å²) in [5, 5.41) is 3.92. The Morgan fingerprint density at radius 2 is 2.16 bits per heavy atom. The number of nitrogens with two attached hydrogens (primary N) is 1. The normalized spacial score (nSPS) is 12.6. The Hall–Kier alpha value is -1.72. The van der Waals surface area contributed by atoms with Gasteiger partial charge in [0.15, 0.2) is 5.82 Å². The van der Waals surface area contributed by atoms with Crippen LogP contribution in [0.3, 0.4) is 0 Å². The first-order valence-corrected chi connectivity index (χ1v) is 6.36. The fourth-order valence-corrected chi connectivity index (χ4v) is 1.87. The molecule has 102 valence electrons. The van der Waals surface area contributed by atoms with E-state index >= 15 is 0 Å². The van der Waals surface area contributed by atoms with E-state index < -0.39 is 0 Å². The zero-order chi connectivity index (χ0) is 13.8. The van der Waals surface area contributed by atoms with E-state index in [2.05, 4.69) is 16.2 Å². The highest BCUT2D eigenvalue weighted by molar-refractivity contribution is 5.58. The van der Waals surface area contributed by atoms with Crippen molar-refractivity contribution >= 4 is 0 Å². The molecule has 2 rings (SSSR count). The molecule has 0 radical (unpaired) electrons. The first-order valence-electron chi connectivity index (χ1n) is 6.36. The van der Waals surface area contributed by atoms with Gasteiger partial charge in [0.25, 0.3) is 5.89 Å². The summed E-state index contributed by atoms with van der Waals surface area (Å²) in [4.78, 5) is 4.34. The van der Waals surface area contributed by atoms with Crippen molar-refractivity contribution in [1.29, 1.82) is 0 Å². The molecule has 1 heterocycles. The smallest absolute Gasteiger partial charge is 0.258 e. The van der Waals surface area contributed by atoms with Gasteiger partial charge in [-0.15, -0.1) is 0 Å². The summed E-state index contributed by atoms with van der Waals surface area (Å²) in [5.41, 5.74) is 9.17. The second-order valence-electron chi connectivity index (χ2n) is 4.54. The molecule has 1 aromatic carbocycles. The highest BCUT2D eigenvalue weighted by atomic mass is 16.5. The SMILES string of the molecule is CCOCC(N)c1noc(-c2ccc(C)cc2C)n1. The summed E-state index contributed by atoms with van der Waals surface area (Å²) in [5.74, 6) is 0.975. The summed E-state index contributed by atoms with van der Waals surface area (Å²) in [7, 11) is 0. The lowest BCUT2D eigenvalue weighted by molar-refractivity contribution is 0.130. The summed E-state index contributed by atoms with van der Waals surface area (Å²) in [6.07, 6.45) is 0. The van der Waals surface area contributed by atoms with Crippen molar-refractivity contribution in [3.05, 3.63) is 35.2 Å². The molecule has 1 unspecified atom stereocenters. The van der Waals surface area contributed by atoms with Crippen molar-refractivity contribution < 1.29 is 9.26 Å². The van der Waals surface area contributed by atoms with Crippen LogP contribution in [0.15, 0.2) is 22.7 Å². The predicted octanol–water partition coefficient (Wildman–Crippen LogP) is 2.39. The highest BCUT2D eigenvalue weighted by Gasteiger charge is 2.16. The maximum Gasteiger partial charge on any atom is 0.258 e. The van der Waals surface area contributed by atoms with Gasteiger partial charge in [-0.3, -0.25) is 0 Å². The van der Waals surface area contributed by atoms with Gasteiger partial charge in [0.05, 0.1) is 12.6 Å². The summed E-state index contributed by atoms with van der Waals surface area (Å²) >= 11 is 0. The zero-order valence-corrected chi connectivity index (χ0v) is 11.5. The third-order valence-electron chi connectivity index (χ3n) is 2.89. The lowest BCUT2D eigenvalue weighted by Crippen LogP contribution is -2.18. The molecule has 0 aliphatic heterocycles.